The monoisotopic (exact) mass is 368 g/mol. The van der Waals surface area contributed by atoms with Gasteiger partial charge < -0.3 is 14.4 Å². The van der Waals surface area contributed by atoms with Crippen LogP contribution in [0.2, 0.25) is 0 Å². The second kappa shape index (κ2) is 9.68. The second-order valence-corrected chi connectivity index (χ2v) is 6.24. The average molecular weight is 368 g/mol. The molecule has 2 amide bonds. The largest absolute Gasteiger partial charge is 0.491 e. The lowest BCUT2D eigenvalue weighted by Gasteiger charge is -2.28. The lowest BCUT2D eigenvalue weighted by molar-refractivity contribution is 0.146. The third-order valence-corrected chi connectivity index (χ3v) is 4.29. The maximum atomic E-state index is 12.3. The standard InChI is InChI=1S/C20H24N4O3/c1-26-12-13-27-18-5-2-4-17(15-18)14-16-7-10-24(11-8-16)20(25)22-19-6-3-9-21-23-19/h2-6,9,14-15H,7-8,10-13H2,1H3,(H,22,23,25). The first-order chi connectivity index (χ1) is 13.2. The number of aromatic nitrogens is 2. The molecule has 7 heteroatoms. The fraction of sp³-hybridized carbons (Fsp3) is 0.350. The molecule has 1 aliphatic rings. The number of likely N-dealkylation sites (tertiary alicyclic amines) is 1. The van der Waals surface area contributed by atoms with Crippen LogP contribution in [0.15, 0.2) is 48.2 Å². The quantitative estimate of drug-likeness (QED) is 0.793. The van der Waals surface area contributed by atoms with Crippen LogP contribution in [0.1, 0.15) is 18.4 Å². The molecule has 0 atom stereocenters. The van der Waals surface area contributed by atoms with E-state index in [2.05, 4.69) is 27.7 Å². The first-order valence-corrected chi connectivity index (χ1v) is 8.99. The first kappa shape index (κ1) is 18.8. The molecule has 142 valence electrons. The zero-order valence-electron chi connectivity index (χ0n) is 15.4. The molecule has 3 rings (SSSR count). The lowest BCUT2D eigenvalue weighted by Crippen LogP contribution is -2.39. The van der Waals surface area contributed by atoms with Gasteiger partial charge in [0.1, 0.15) is 12.4 Å². The maximum Gasteiger partial charge on any atom is 0.323 e. The molecule has 2 aromatic rings. The van der Waals surface area contributed by atoms with Crippen molar-refractivity contribution in [3.63, 3.8) is 0 Å². The second-order valence-electron chi connectivity index (χ2n) is 6.24. The summed E-state index contributed by atoms with van der Waals surface area (Å²) in [5.74, 6) is 1.30. The predicted molar refractivity (Wildman–Crippen MR) is 104 cm³/mol. The summed E-state index contributed by atoms with van der Waals surface area (Å²) >= 11 is 0. The molecule has 0 unspecified atom stereocenters. The van der Waals surface area contributed by atoms with Crippen LogP contribution in [0, 0.1) is 0 Å². The third kappa shape index (κ3) is 5.79. The summed E-state index contributed by atoms with van der Waals surface area (Å²) in [6.07, 6.45) is 5.46. The predicted octanol–water partition coefficient (Wildman–Crippen LogP) is 3.21. The number of nitrogens with one attached hydrogen (secondary N) is 1. The highest BCUT2D eigenvalue weighted by Gasteiger charge is 2.19. The van der Waals surface area contributed by atoms with E-state index in [9.17, 15) is 4.79 Å². The summed E-state index contributed by atoms with van der Waals surface area (Å²) in [6.45, 7) is 2.47. The smallest absolute Gasteiger partial charge is 0.323 e. The summed E-state index contributed by atoms with van der Waals surface area (Å²) in [5, 5.41) is 10.4. The molecule has 0 saturated carbocycles. The van der Waals surface area contributed by atoms with Gasteiger partial charge in [-0.2, -0.15) is 5.10 Å². The number of rotatable bonds is 6. The lowest BCUT2D eigenvalue weighted by atomic mass is 10.0. The van der Waals surface area contributed by atoms with Crippen LogP contribution in [0.25, 0.3) is 6.08 Å². The number of urea groups is 1. The minimum atomic E-state index is -0.136. The molecular formula is C20H24N4O3. The number of hydrogen-bond donors (Lipinski definition) is 1. The SMILES string of the molecule is COCCOc1cccc(C=C2CCN(C(=O)Nc3cccnn3)CC2)c1. The highest BCUT2D eigenvalue weighted by molar-refractivity contribution is 5.88. The van der Waals surface area contributed by atoms with Gasteiger partial charge in [-0.3, -0.25) is 5.32 Å². The van der Waals surface area contributed by atoms with Crippen molar-refractivity contribution in [2.75, 3.05) is 38.7 Å². The third-order valence-electron chi connectivity index (χ3n) is 4.29. The van der Waals surface area contributed by atoms with Crippen LogP contribution < -0.4 is 10.1 Å². The van der Waals surface area contributed by atoms with Gasteiger partial charge in [0.25, 0.3) is 0 Å². The zero-order valence-corrected chi connectivity index (χ0v) is 15.4. The Labute approximate surface area is 159 Å². The average Bonchev–Trinajstić information content (AvgIpc) is 2.70. The number of anilines is 1. The van der Waals surface area contributed by atoms with Crippen LogP contribution in [0.4, 0.5) is 10.6 Å². The van der Waals surface area contributed by atoms with E-state index < -0.39 is 0 Å². The minimum Gasteiger partial charge on any atom is -0.491 e. The van der Waals surface area contributed by atoms with E-state index in [-0.39, 0.29) is 6.03 Å². The first-order valence-electron chi connectivity index (χ1n) is 8.99. The molecule has 1 aliphatic heterocycles. The number of hydrogen-bond acceptors (Lipinski definition) is 5. The van der Waals surface area contributed by atoms with Gasteiger partial charge in [0.05, 0.1) is 6.61 Å². The minimum absolute atomic E-state index is 0.136. The van der Waals surface area contributed by atoms with Crippen LogP contribution in [-0.4, -0.2) is 54.5 Å². The van der Waals surface area contributed by atoms with Crippen LogP contribution in [-0.2, 0) is 4.74 Å². The molecule has 1 fully saturated rings. The van der Waals surface area contributed by atoms with Crippen molar-refractivity contribution in [3.05, 3.63) is 53.7 Å². The van der Waals surface area contributed by atoms with E-state index >= 15 is 0 Å². The van der Waals surface area contributed by atoms with E-state index in [1.807, 2.05) is 18.2 Å². The molecule has 1 N–H and O–H groups in total. The molecule has 0 bridgehead atoms. The Balaban J connectivity index is 1.52. The number of ether oxygens (including phenoxy) is 2. The Hall–Kier alpha value is -2.93. The summed E-state index contributed by atoms with van der Waals surface area (Å²) in [5.41, 5.74) is 2.44. The number of piperidine rings is 1. The number of carbonyl (C=O) groups excluding carboxylic acids is 1. The van der Waals surface area contributed by atoms with Crippen molar-refractivity contribution >= 4 is 17.9 Å². The normalized spacial score (nSPS) is 14.0. The van der Waals surface area contributed by atoms with Crippen molar-refractivity contribution in [3.8, 4) is 5.75 Å². The van der Waals surface area contributed by atoms with Crippen LogP contribution in [0.5, 0.6) is 5.75 Å². The van der Waals surface area contributed by atoms with Gasteiger partial charge in [0, 0.05) is 26.4 Å². The van der Waals surface area contributed by atoms with Gasteiger partial charge in [-0.05, 0) is 42.7 Å². The van der Waals surface area contributed by atoms with Crippen molar-refractivity contribution in [2.45, 2.75) is 12.8 Å². The number of methoxy groups -OCH3 is 1. The maximum absolute atomic E-state index is 12.3. The van der Waals surface area contributed by atoms with Gasteiger partial charge in [-0.15, -0.1) is 5.10 Å². The summed E-state index contributed by atoms with van der Waals surface area (Å²) in [4.78, 5) is 14.1. The Kier molecular flexibility index (Phi) is 6.76. The van der Waals surface area contributed by atoms with E-state index in [0.29, 0.717) is 32.1 Å². The Morgan fingerprint density at radius 2 is 2.07 bits per heavy atom. The van der Waals surface area contributed by atoms with Gasteiger partial charge in [-0.25, -0.2) is 4.79 Å². The fourth-order valence-electron chi connectivity index (χ4n) is 2.87. The summed E-state index contributed by atoms with van der Waals surface area (Å²) in [6, 6.07) is 11.3. The topological polar surface area (TPSA) is 76.6 Å². The molecular weight excluding hydrogens is 344 g/mol. The number of carbonyl (C=O) groups is 1. The molecule has 1 aromatic heterocycles. The van der Waals surface area contributed by atoms with Gasteiger partial charge >= 0.3 is 6.03 Å². The molecule has 0 aliphatic carbocycles. The number of amides is 2. The van der Waals surface area contributed by atoms with Crippen molar-refractivity contribution in [2.24, 2.45) is 0 Å². The Morgan fingerprint density at radius 3 is 2.81 bits per heavy atom. The molecule has 2 heterocycles. The van der Waals surface area contributed by atoms with Gasteiger partial charge in [-0.1, -0.05) is 23.8 Å². The van der Waals surface area contributed by atoms with Crippen molar-refractivity contribution in [1.82, 2.24) is 15.1 Å². The fourth-order valence-corrected chi connectivity index (χ4v) is 2.87. The Bertz CT molecular complexity index is 770. The molecule has 27 heavy (non-hydrogen) atoms. The van der Waals surface area contributed by atoms with Crippen LogP contribution >= 0.6 is 0 Å². The zero-order chi connectivity index (χ0) is 18.9. The number of nitrogens with zero attached hydrogens (tertiary/aromatic N) is 3. The molecule has 1 aromatic carbocycles. The molecule has 7 nitrogen and oxygen atoms in total. The summed E-state index contributed by atoms with van der Waals surface area (Å²) < 4.78 is 10.7. The van der Waals surface area contributed by atoms with Crippen molar-refractivity contribution in [1.29, 1.82) is 0 Å². The highest BCUT2D eigenvalue weighted by Crippen LogP contribution is 2.22. The van der Waals surface area contributed by atoms with Gasteiger partial charge in [0.2, 0.25) is 0 Å². The van der Waals surface area contributed by atoms with Gasteiger partial charge in [0.15, 0.2) is 5.82 Å². The molecule has 1 saturated heterocycles. The van der Waals surface area contributed by atoms with E-state index in [1.165, 1.54) is 5.57 Å². The molecule has 0 spiro atoms. The van der Waals surface area contributed by atoms with E-state index in [1.54, 1.807) is 30.3 Å². The van der Waals surface area contributed by atoms with E-state index in [4.69, 9.17) is 9.47 Å². The highest BCUT2D eigenvalue weighted by atomic mass is 16.5. The Morgan fingerprint density at radius 1 is 1.22 bits per heavy atom. The van der Waals surface area contributed by atoms with Crippen molar-refractivity contribution < 1.29 is 14.3 Å². The van der Waals surface area contributed by atoms with E-state index in [0.717, 1.165) is 24.2 Å². The number of benzene rings is 1. The molecule has 0 radical (unpaired) electrons. The van der Waals surface area contributed by atoms with Crippen LogP contribution in [0.3, 0.4) is 0 Å². The summed E-state index contributed by atoms with van der Waals surface area (Å²) in [7, 11) is 1.66.